The summed E-state index contributed by atoms with van der Waals surface area (Å²) in [7, 11) is 9.87. The van der Waals surface area contributed by atoms with Crippen LogP contribution in [0.4, 0.5) is 0 Å². The summed E-state index contributed by atoms with van der Waals surface area (Å²) in [5.41, 5.74) is 22.8. The molecule has 2 fully saturated rings. The monoisotopic (exact) mass is 1260 g/mol. The van der Waals surface area contributed by atoms with Crippen LogP contribution in [0.3, 0.4) is 0 Å². The standard InChI is InChI=1S/C39H56.C39H48.CH4.2CH3.2ClH.2Li.Zr.2H/c2*1-36(2,3)26-18-16-25(17-19-26)31-23-29(38(7,8)9)24-33-34(31)30-21-20-28(37(4,5)6)22-32(30)35(33)39(10,11)27-14-12-13-15-27;;;;;;;;;;/h16-24,27,30,32-35H,12-15H2,1-11H3;12,14-24,35H,13H2,1-11H3;1H4;2*1H3;2*1H;;;;;/q;;;2*-1;;;2*+1;+4;2*-1/p-2. The molecule has 0 aliphatic heterocycles. The Kier molecular flexibility index (Phi) is 26.3. The first-order valence-electron chi connectivity index (χ1n) is 31.1. The van der Waals surface area contributed by atoms with Crippen LogP contribution in [0.5, 0.6) is 0 Å². The van der Waals surface area contributed by atoms with E-state index < -0.39 is 20.8 Å². The SMILES string of the molecule is C.CC(C)(C)C1=CC2C(C=C1)C1C(c3ccc(C(C)(C)C)cc3)=CC(C(C)(C)C)=CC1C2C(C)(C)C1CCCC1.CC(C)(C)c1ccc(-c2cc(C(C)(C)C)cc3c2-c2ccc(C(C)(C)C)cc2C3C(C)(C)C2=CCC=C2)cc1.[CH3-].[CH3-].[Cl][Zr+2][Cl].[H-].[H-].[Li+].[Li+]. The van der Waals surface area contributed by atoms with Crippen molar-refractivity contribution in [1.82, 2.24) is 0 Å². The number of allylic oxidation sites excluding steroid dienone is 12. The van der Waals surface area contributed by atoms with E-state index in [2.05, 4.69) is 280 Å². The second kappa shape index (κ2) is 28.9. The molecule has 0 N–H and O–H groups in total. The van der Waals surface area contributed by atoms with Crippen molar-refractivity contribution < 1.29 is 61.4 Å². The van der Waals surface area contributed by atoms with Gasteiger partial charge in [0.25, 0.3) is 0 Å². The van der Waals surface area contributed by atoms with Gasteiger partial charge in [-0.15, -0.1) is 0 Å². The maximum Gasteiger partial charge on any atom is 1.00 e. The van der Waals surface area contributed by atoms with Crippen LogP contribution in [-0.2, 0) is 42.5 Å². The fourth-order valence-corrected chi connectivity index (χ4v) is 15.2. The van der Waals surface area contributed by atoms with E-state index in [0.717, 1.165) is 12.3 Å². The van der Waals surface area contributed by atoms with Crippen LogP contribution in [0, 0.1) is 72.0 Å². The van der Waals surface area contributed by atoms with Crippen molar-refractivity contribution in [1.29, 1.82) is 0 Å². The molecule has 0 amide bonds. The van der Waals surface area contributed by atoms with Gasteiger partial charge in [-0.05, 0) is 182 Å². The van der Waals surface area contributed by atoms with Gasteiger partial charge in [0.1, 0.15) is 0 Å². The van der Waals surface area contributed by atoms with Crippen molar-refractivity contribution in [3.05, 3.63) is 198 Å². The van der Waals surface area contributed by atoms with Gasteiger partial charge in [0.2, 0.25) is 0 Å². The summed E-state index contributed by atoms with van der Waals surface area (Å²) in [6, 6.07) is 31.4. The molecule has 6 atom stereocenters. The summed E-state index contributed by atoms with van der Waals surface area (Å²) in [6.07, 6.45) is 27.1. The molecule has 0 radical (unpaired) electrons. The molecule has 10 rings (SSSR count). The second-order valence-electron chi connectivity index (χ2n) is 32.8. The third kappa shape index (κ3) is 16.2. The number of hydrogen-bond donors (Lipinski definition) is 0. The molecule has 4 aromatic rings. The van der Waals surface area contributed by atoms with E-state index in [1.54, 1.807) is 5.57 Å². The van der Waals surface area contributed by atoms with E-state index >= 15 is 0 Å². The summed E-state index contributed by atoms with van der Waals surface area (Å²) in [4.78, 5) is 0. The Morgan fingerprint density at radius 3 is 1.41 bits per heavy atom. The smallest absolute Gasteiger partial charge is 1.00 e. The van der Waals surface area contributed by atoms with Crippen LogP contribution in [0.2, 0.25) is 0 Å². The van der Waals surface area contributed by atoms with Gasteiger partial charge < -0.3 is 17.7 Å². The van der Waals surface area contributed by atoms with E-state index in [0.29, 0.717) is 40.9 Å². The average molecular weight is 1270 g/mol. The summed E-state index contributed by atoms with van der Waals surface area (Å²) in [6.45, 7) is 52.5. The molecule has 6 aliphatic rings. The van der Waals surface area contributed by atoms with Crippen LogP contribution < -0.4 is 37.7 Å². The third-order valence-corrected chi connectivity index (χ3v) is 20.2. The maximum absolute atomic E-state index is 4.93. The molecular formula is C81H116Cl2Li2Zr. The Balaban J connectivity index is 0.000000783. The maximum atomic E-state index is 4.93. The van der Waals surface area contributed by atoms with Crippen LogP contribution >= 0.6 is 17.0 Å². The molecule has 0 aromatic heterocycles. The fourth-order valence-electron chi connectivity index (χ4n) is 15.2. The molecule has 4 aromatic carbocycles. The Labute approximate surface area is 575 Å². The average Bonchev–Trinajstić information content (AvgIpc) is 1.57. The molecule has 0 saturated heterocycles. The van der Waals surface area contributed by atoms with Crippen molar-refractivity contribution in [2.45, 2.75) is 219 Å². The minimum atomic E-state index is -0.826. The van der Waals surface area contributed by atoms with Gasteiger partial charge in [0, 0.05) is 11.3 Å². The number of rotatable bonds is 6. The van der Waals surface area contributed by atoms with E-state index in [1.165, 1.54) is 104 Å². The Hall–Kier alpha value is -2.02. The van der Waals surface area contributed by atoms with Crippen molar-refractivity contribution in [2.24, 2.45) is 57.2 Å². The Bertz CT molecular complexity index is 3140. The fraction of sp³-hybridized carbons (Fsp3) is 0.531. The predicted molar refractivity (Wildman–Crippen MR) is 375 cm³/mol. The second-order valence-corrected chi connectivity index (χ2v) is 36.5. The third-order valence-electron chi connectivity index (χ3n) is 20.2. The van der Waals surface area contributed by atoms with E-state index in [1.807, 2.05) is 0 Å². The van der Waals surface area contributed by atoms with Gasteiger partial charge in [-0.3, -0.25) is 0 Å². The largest absolute Gasteiger partial charge is 1.00 e. The van der Waals surface area contributed by atoms with E-state index in [-0.39, 0.29) is 101 Å². The molecule has 0 nitrogen and oxygen atoms in total. The zero-order valence-corrected chi connectivity index (χ0v) is 62.4. The van der Waals surface area contributed by atoms with Crippen molar-refractivity contribution >= 4 is 22.6 Å². The first kappa shape index (κ1) is 78.2. The quantitative estimate of drug-likeness (QED) is 0.133. The summed E-state index contributed by atoms with van der Waals surface area (Å²) >= 11 is -0.826. The van der Waals surface area contributed by atoms with Gasteiger partial charge in [0.05, 0.1) is 0 Å². The molecule has 0 spiro atoms. The zero-order chi connectivity index (χ0) is 59.8. The van der Waals surface area contributed by atoms with Gasteiger partial charge in [-0.1, -0.05) is 294 Å². The minimum absolute atomic E-state index is 0. The van der Waals surface area contributed by atoms with Gasteiger partial charge in [-0.25, -0.2) is 0 Å². The molecule has 86 heavy (non-hydrogen) atoms. The minimum Gasteiger partial charge on any atom is -1.00 e. The molecule has 2 saturated carbocycles. The van der Waals surface area contributed by atoms with Crippen molar-refractivity contribution in [3.8, 4) is 22.3 Å². The van der Waals surface area contributed by atoms with Crippen LogP contribution in [-0.4, -0.2) is 0 Å². The van der Waals surface area contributed by atoms with Crippen LogP contribution in [0.15, 0.2) is 144 Å². The van der Waals surface area contributed by atoms with Gasteiger partial charge in [-0.2, -0.15) is 0 Å². The van der Waals surface area contributed by atoms with Crippen LogP contribution in [0.1, 0.15) is 240 Å². The molecule has 0 heterocycles. The van der Waals surface area contributed by atoms with Crippen molar-refractivity contribution in [3.63, 3.8) is 0 Å². The number of benzene rings is 4. The van der Waals surface area contributed by atoms with E-state index in [9.17, 15) is 0 Å². The van der Waals surface area contributed by atoms with Crippen LogP contribution in [0.25, 0.3) is 27.8 Å². The molecule has 6 unspecified atom stereocenters. The summed E-state index contributed by atoms with van der Waals surface area (Å²) in [5, 5.41) is 0. The number of halogens is 2. The van der Waals surface area contributed by atoms with Crippen molar-refractivity contribution in [2.75, 3.05) is 0 Å². The van der Waals surface area contributed by atoms with Gasteiger partial charge >= 0.3 is 75.6 Å². The zero-order valence-electron chi connectivity index (χ0n) is 60.5. The normalized spacial score (nSPS) is 21.6. The molecule has 0 bridgehead atoms. The Morgan fingerprint density at radius 2 is 0.942 bits per heavy atom. The first-order valence-corrected chi connectivity index (χ1v) is 37.5. The summed E-state index contributed by atoms with van der Waals surface area (Å²) in [5.74, 6) is 4.09. The molecule has 460 valence electrons. The topological polar surface area (TPSA) is 0 Å². The molecular weight excluding hydrogens is 1150 g/mol. The number of fused-ring (bicyclic) bond motifs is 6. The summed E-state index contributed by atoms with van der Waals surface area (Å²) < 4.78 is 0. The first-order chi connectivity index (χ1) is 37.4. The molecule has 6 aliphatic carbocycles. The molecule has 5 heteroatoms. The van der Waals surface area contributed by atoms with E-state index in [4.69, 9.17) is 17.0 Å². The number of hydrogen-bond acceptors (Lipinski definition) is 0. The van der Waals surface area contributed by atoms with Gasteiger partial charge in [0.15, 0.2) is 0 Å². The Morgan fingerprint density at radius 1 is 0.477 bits per heavy atom. The predicted octanol–water partition coefficient (Wildman–Crippen LogP) is 19.6.